The summed E-state index contributed by atoms with van der Waals surface area (Å²) in [4.78, 5) is 11.8. The molecule has 122 valence electrons. The van der Waals surface area contributed by atoms with Crippen LogP contribution in [0.2, 0.25) is 0 Å². The fraction of sp³-hybridized carbons (Fsp3) is 0.562. The lowest BCUT2D eigenvalue weighted by Gasteiger charge is -2.22. The van der Waals surface area contributed by atoms with Crippen molar-refractivity contribution < 1.29 is 18.0 Å². The molecule has 1 fully saturated rings. The predicted molar refractivity (Wildman–Crippen MR) is 78.1 cm³/mol. The zero-order chi connectivity index (χ0) is 16.0. The molecule has 1 aliphatic heterocycles. The second kappa shape index (κ2) is 7.63. The molecule has 1 heterocycles. The number of hydrogen-bond donors (Lipinski definition) is 2. The molecular formula is C16H21F3N2O. The lowest BCUT2D eigenvalue weighted by Crippen LogP contribution is -2.29. The Hall–Kier alpha value is -1.56. The maximum absolute atomic E-state index is 12.8. The first-order valence-electron chi connectivity index (χ1n) is 7.59. The van der Waals surface area contributed by atoms with Crippen LogP contribution >= 0.6 is 0 Å². The first-order valence-corrected chi connectivity index (χ1v) is 7.59. The van der Waals surface area contributed by atoms with Gasteiger partial charge in [0.05, 0.1) is 5.56 Å². The number of hydrogen-bond acceptors (Lipinski definition) is 2. The minimum atomic E-state index is -4.39. The molecule has 22 heavy (non-hydrogen) atoms. The SMILES string of the molecule is O=C(CCC1CCNCC1)NCc1ccccc1C(F)(F)F. The zero-order valence-corrected chi connectivity index (χ0v) is 12.4. The van der Waals surface area contributed by atoms with Crippen LogP contribution in [-0.2, 0) is 17.5 Å². The summed E-state index contributed by atoms with van der Waals surface area (Å²) in [6.45, 7) is 1.87. The van der Waals surface area contributed by atoms with Crippen LogP contribution in [0.15, 0.2) is 24.3 Å². The highest BCUT2D eigenvalue weighted by molar-refractivity contribution is 5.75. The number of alkyl halides is 3. The summed E-state index contributed by atoms with van der Waals surface area (Å²) in [5, 5.41) is 5.86. The molecule has 0 radical (unpaired) electrons. The third-order valence-corrected chi connectivity index (χ3v) is 4.04. The number of benzene rings is 1. The van der Waals surface area contributed by atoms with E-state index in [1.54, 1.807) is 6.07 Å². The Morgan fingerprint density at radius 1 is 1.23 bits per heavy atom. The molecular weight excluding hydrogens is 293 g/mol. The molecule has 0 aromatic heterocycles. The molecule has 2 rings (SSSR count). The Kier molecular flexibility index (Phi) is 5.83. The van der Waals surface area contributed by atoms with Gasteiger partial charge in [-0.15, -0.1) is 0 Å². The van der Waals surface area contributed by atoms with Gasteiger partial charge in [-0.2, -0.15) is 13.2 Å². The highest BCUT2D eigenvalue weighted by Gasteiger charge is 2.32. The highest BCUT2D eigenvalue weighted by atomic mass is 19.4. The largest absolute Gasteiger partial charge is 0.416 e. The maximum atomic E-state index is 12.8. The fourth-order valence-corrected chi connectivity index (χ4v) is 2.74. The number of carbonyl (C=O) groups is 1. The molecule has 1 amide bonds. The molecule has 2 N–H and O–H groups in total. The summed E-state index contributed by atoms with van der Waals surface area (Å²) in [5.41, 5.74) is -0.584. The number of nitrogens with one attached hydrogen (secondary N) is 2. The third kappa shape index (κ3) is 5.02. The molecule has 0 atom stereocenters. The highest BCUT2D eigenvalue weighted by Crippen LogP contribution is 2.31. The van der Waals surface area contributed by atoms with E-state index >= 15 is 0 Å². The van der Waals surface area contributed by atoms with Crippen molar-refractivity contribution in [2.24, 2.45) is 5.92 Å². The van der Waals surface area contributed by atoms with E-state index < -0.39 is 11.7 Å². The van der Waals surface area contributed by atoms with E-state index in [0.29, 0.717) is 12.3 Å². The monoisotopic (exact) mass is 314 g/mol. The molecule has 1 aromatic rings. The van der Waals surface area contributed by atoms with Crippen molar-refractivity contribution in [2.45, 2.75) is 38.4 Å². The van der Waals surface area contributed by atoms with Gasteiger partial charge < -0.3 is 10.6 Å². The number of carbonyl (C=O) groups excluding carboxylic acids is 1. The van der Waals surface area contributed by atoms with E-state index in [-0.39, 0.29) is 18.0 Å². The molecule has 1 saturated heterocycles. The van der Waals surface area contributed by atoms with Gasteiger partial charge in [0.25, 0.3) is 0 Å². The van der Waals surface area contributed by atoms with E-state index in [0.717, 1.165) is 38.4 Å². The number of rotatable bonds is 5. The topological polar surface area (TPSA) is 41.1 Å². The lowest BCUT2D eigenvalue weighted by atomic mass is 9.93. The molecule has 6 heteroatoms. The predicted octanol–water partition coefficient (Wildman–Crippen LogP) is 3.10. The van der Waals surface area contributed by atoms with Gasteiger partial charge >= 0.3 is 6.18 Å². The summed E-state index contributed by atoms with van der Waals surface area (Å²) < 4.78 is 38.5. The van der Waals surface area contributed by atoms with Crippen LogP contribution in [0.5, 0.6) is 0 Å². The normalized spacial score (nSPS) is 16.5. The van der Waals surface area contributed by atoms with Crippen molar-refractivity contribution in [1.29, 1.82) is 0 Å². The van der Waals surface area contributed by atoms with Crippen LogP contribution in [0.3, 0.4) is 0 Å². The van der Waals surface area contributed by atoms with Gasteiger partial charge in [0.2, 0.25) is 5.91 Å². The second-order valence-corrected chi connectivity index (χ2v) is 5.66. The van der Waals surface area contributed by atoms with Crippen LogP contribution in [0.1, 0.15) is 36.8 Å². The Morgan fingerprint density at radius 3 is 2.59 bits per heavy atom. The van der Waals surface area contributed by atoms with Crippen molar-refractivity contribution in [1.82, 2.24) is 10.6 Å². The molecule has 0 spiro atoms. The van der Waals surface area contributed by atoms with Crippen LogP contribution in [0.25, 0.3) is 0 Å². The van der Waals surface area contributed by atoms with Crippen molar-refractivity contribution in [3.63, 3.8) is 0 Å². The minimum absolute atomic E-state index is 0.0826. The summed E-state index contributed by atoms with van der Waals surface area (Å²) in [6, 6.07) is 5.34. The summed E-state index contributed by atoms with van der Waals surface area (Å²) >= 11 is 0. The summed E-state index contributed by atoms with van der Waals surface area (Å²) in [7, 11) is 0. The van der Waals surface area contributed by atoms with Gasteiger partial charge in [-0.25, -0.2) is 0 Å². The molecule has 0 saturated carbocycles. The molecule has 3 nitrogen and oxygen atoms in total. The number of halogens is 3. The number of amides is 1. The molecule has 0 bridgehead atoms. The van der Waals surface area contributed by atoms with E-state index in [1.165, 1.54) is 12.1 Å². The standard InChI is InChI=1S/C16H21F3N2O/c17-16(18,19)14-4-2-1-3-13(14)11-21-15(22)6-5-12-7-9-20-10-8-12/h1-4,12,20H,5-11H2,(H,21,22). The molecule has 0 aliphatic carbocycles. The average molecular weight is 314 g/mol. The quantitative estimate of drug-likeness (QED) is 0.877. The molecule has 0 unspecified atom stereocenters. The van der Waals surface area contributed by atoms with E-state index in [1.807, 2.05) is 0 Å². The van der Waals surface area contributed by atoms with Crippen molar-refractivity contribution in [3.8, 4) is 0 Å². The van der Waals surface area contributed by atoms with Crippen LogP contribution in [0, 0.1) is 5.92 Å². The maximum Gasteiger partial charge on any atom is 0.416 e. The Morgan fingerprint density at radius 2 is 1.91 bits per heavy atom. The van der Waals surface area contributed by atoms with Crippen LogP contribution < -0.4 is 10.6 Å². The zero-order valence-electron chi connectivity index (χ0n) is 12.4. The van der Waals surface area contributed by atoms with Crippen LogP contribution in [0.4, 0.5) is 13.2 Å². The first-order chi connectivity index (χ1) is 10.5. The Bertz CT molecular complexity index is 496. The van der Waals surface area contributed by atoms with Gasteiger partial charge in [-0.1, -0.05) is 18.2 Å². The van der Waals surface area contributed by atoms with Gasteiger partial charge in [0, 0.05) is 13.0 Å². The van der Waals surface area contributed by atoms with Crippen molar-refractivity contribution >= 4 is 5.91 Å². The average Bonchev–Trinajstić information content (AvgIpc) is 2.51. The van der Waals surface area contributed by atoms with Crippen LogP contribution in [-0.4, -0.2) is 19.0 Å². The second-order valence-electron chi connectivity index (χ2n) is 5.66. The van der Waals surface area contributed by atoms with Gasteiger partial charge in [0.1, 0.15) is 0 Å². The fourth-order valence-electron chi connectivity index (χ4n) is 2.74. The minimum Gasteiger partial charge on any atom is -0.352 e. The Labute approximate surface area is 128 Å². The Balaban J connectivity index is 1.81. The van der Waals surface area contributed by atoms with E-state index in [4.69, 9.17) is 0 Å². The molecule has 1 aromatic carbocycles. The summed E-state index contributed by atoms with van der Waals surface area (Å²) in [6.07, 6.45) is -1.10. The smallest absolute Gasteiger partial charge is 0.352 e. The molecule has 1 aliphatic rings. The number of piperidine rings is 1. The van der Waals surface area contributed by atoms with E-state index in [9.17, 15) is 18.0 Å². The van der Waals surface area contributed by atoms with Gasteiger partial charge in [-0.3, -0.25) is 4.79 Å². The van der Waals surface area contributed by atoms with Crippen molar-refractivity contribution in [3.05, 3.63) is 35.4 Å². The first kappa shape index (κ1) is 16.8. The van der Waals surface area contributed by atoms with Crippen molar-refractivity contribution in [2.75, 3.05) is 13.1 Å². The van der Waals surface area contributed by atoms with E-state index in [2.05, 4.69) is 10.6 Å². The summed E-state index contributed by atoms with van der Waals surface area (Å²) in [5.74, 6) is 0.352. The third-order valence-electron chi connectivity index (χ3n) is 4.04. The van der Waals surface area contributed by atoms with Gasteiger partial charge in [-0.05, 0) is 49.9 Å². The lowest BCUT2D eigenvalue weighted by molar-refractivity contribution is -0.138. The van der Waals surface area contributed by atoms with Gasteiger partial charge in [0.15, 0.2) is 0 Å².